The zero-order valence-electron chi connectivity index (χ0n) is 14.0. The Morgan fingerprint density at radius 1 is 0.759 bits per heavy atom. The number of halogens is 8. The molecule has 0 aliphatic carbocycles. The summed E-state index contributed by atoms with van der Waals surface area (Å²) in [7, 11) is 0. The van der Waals surface area contributed by atoms with Crippen molar-refractivity contribution in [1.29, 1.82) is 0 Å². The number of alkyl halides is 6. The molecule has 0 saturated heterocycles. The van der Waals surface area contributed by atoms with E-state index >= 15 is 0 Å². The molecule has 0 amide bonds. The van der Waals surface area contributed by atoms with E-state index in [0.29, 0.717) is 0 Å². The molecule has 11 heteroatoms. The van der Waals surface area contributed by atoms with Crippen LogP contribution >= 0.6 is 23.2 Å². The van der Waals surface area contributed by atoms with Crippen molar-refractivity contribution in [3.63, 3.8) is 0 Å². The number of nitrogens with zero attached hydrogens (tertiary/aromatic N) is 2. The van der Waals surface area contributed by atoms with Crippen molar-refractivity contribution < 1.29 is 26.3 Å². The third-order valence-corrected chi connectivity index (χ3v) is 4.21. The van der Waals surface area contributed by atoms with Crippen molar-refractivity contribution in [2.24, 2.45) is 0 Å². The average Bonchev–Trinajstić information content (AvgIpc) is 2.61. The van der Waals surface area contributed by atoms with Crippen LogP contribution in [0.4, 0.5) is 37.8 Å². The first kappa shape index (κ1) is 21.2. The van der Waals surface area contributed by atoms with Gasteiger partial charge in [0.15, 0.2) is 5.82 Å². The fraction of sp³-hybridized carbons (Fsp3) is 0.111. The van der Waals surface area contributed by atoms with E-state index < -0.39 is 23.5 Å². The molecule has 0 aliphatic rings. The van der Waals surface area contributed by atoms with Crippen LogP contribution in [0.3, 0.4) is 0 Å². The van der Waals surface area contributed by atoms with Crippen molar-refractivity contribution in [3.8, 4) is 11.4 Å². The first-order chi connectivity index (χ1) is 13.4. The van der Waals surface area contributed by atoms with Crippen LogP contribution in [0.5, 0.6) is 0 Å². The third-order valence-electron chi connectivity index (χ3n) is 3.70. The van der Waals surface area contributed by atoms with Crippen LogP contribution in [0.1, 0.15) is 11.1 Å². The lowest BCUT2D eigenvalue weighted by molar-refractivity contribution is -0.138. The molecule has 0 fully saturated rings. The van der Waals surface area contributed by atoms with Gasteiger partial charge in [-0.2, -0.15) is 26.3 Å². The maximum Gasteiger partial charge on any atom is 0.416 e. The fourth-order valence-corrected chi connectivity index (χ4v) is 2.79. The van der Waals surface area contributed by atoms with Crippen LogP contribution in [0, 0.1) is 0 Å². The Bertz CT molecular complexity index is 1050. The number of rotatable bonds is 3. The molecular weight excluding hydrogens is 443 g/mol. The van der Waals surface area contributed by atoms with E-state index in [0.717, 1.165) is 30.3 Å². The van der Waals surface area contributed by atoms with Crippen LogP contribution < -0.4 is 5.32 Å². The van der Waals surface area contributed by atoms with E-state index in [1.165, 1.54) is 18.2 Å². The molecule has 3 aromatic rings. The molecule has 29 heavy (non-hydrogen) atoms. The SMILES string of the molecule is FC(F)(F)c1cccc(-c2nc(Cl)cc(Nc3ccc(C(F)(F)F)cc3Cl)n2)c1. The predicted octanol–water partition coefficient (Wildman–Crippen LogP) is 7.23. The molecule has 2 aromatic carbocycles. The Kier molecular flexibility index (Phi) is 5.64. The summed E-state index contributed by atoms with van der Waals surface area (Å²) in [6, 6.07) is 8.25. The van der Waals surface area contributed by atoms with E-state index in [9.17, 15) is 26.3 Å². The second-order valence-electron chi connectivity index (χ2n) is 5.80. The zero-order chi connectivity index (χ0) is 21.4. The van der Waals surface area contributed by atoms with Gasteiger partial charge < -0.3 is 5.32 Å². The monoisotopic (exact) mass is 451 g/mol. The van der Waals surface area contributed by atoms with Crippen LogP contribution in [-0.2, 0) is 12.4 Å². The molecule has 0 unspecified atom stereocenters. The molecule has 1 heterocycles. The summed E-state index contributed by atoms with van der Waals surface area (Å²) in [5.41, 5.74) is -1.66. The number of hydrogen-bond donors (Lipinski definition) is 1. The van der Waals surface area contributed by atoms with E-state index in [1.807, 2.05) is 0 Å². The minimum absolute atomic E-state index is 0.0408. The van der Waals surface area contributed by atoms with Gasteiger partial charge in [0.1, 0.15) is 11.0 Å². The van der Waals surface area contributed by atoms with Crippen molar-refractivity contribution in [3.05, 3.63) is 69.8 Å². The van der Waals surface area contributed by atoms with Crippen molar-refractivity contribution in [2.45, 2.75) is 12.4 Å². The summed E-state index contributed by atoms with van der Waals surface area (Å²) in [6.07, 6.45) is -9.11. The summed E-state index contributed by atoms with van der Waals surface area (Å²) < 4.78 is 77.0. The fourth-order valence-electron chi connectivity index (χ4n) is 2.38. The number of hydrogen-bond acceptors (Lipinski definition) is 3. The van der Waals surface area contributed by atoms with Crippen molar-refractivity contribution >= 4 is 34.7 Å². The molecular formula is C18H9Cl2F6N3. The highest BCUT2D eigenvalue weighted by Gasteiger charge is 2.31. The lowest BCUT2D eigenvalue weighted by Gasteiger charge is -2.13. The summed E-state index contributed by atoms with van der Waals surface area (Å²) >= 11 is 11.8. The van der Waals surface area contributed by atoms with Gasteiger partial charge in [-0.15, -0.1) is 0 Å². The van der Waals surface area contributed by atoms with Crippen LogP contribution in [-0.4, -0.2) is 9.97 Å². The van der Waals surface area contributed by atoms with Crippen LogP contribution in [0.15, 0.2) is 48.5 Å². The Balaban J connectivity index is 1.95. The summed E-state index contributed by atoms with van der Waals surface area (Å²) in [4.78, 5) is 7.98. The highest BCUT2D eigenvalue weighted by molar-refractivity contribution is 6.33. The van der Waals surface area contributed by atoms with Gasteiger partial charge in [0, 0.05) is 11.6 Å². The van der Waals surface area contributed by atoms with Gasteiger partial charge in [-0.3, -0.25) is 0 Å². The second-order valence-corrected chi connectivity index (χ2v) is 6.59. The Morgan fingerprint density at radius 2 is 1.41 bits per heavy atom. The third kappa shape index (κ3) is 5.10. The van der Waals surface area contributed by atoms with E-state index in [1.54, 1.807) is 0 Å². The average molecular weight is 452 g/mol. The van der Waals surface area contributed by atoms with Gasteiger partial charge in [-0.05, 0) is 30.3 Å². The minimum atomic E-state index is -4.56. The number of aromatic nitrogens is 2. The van der Waals surface area contributed by atoms with Gasteiger partial charge in [0.05, 0.1) is 21.8 Å². The molecule has 1 aromatic heterocycles. The molecule has 3 nitrogen and oxygen atoms in total. The van der Waals surface area contributed by atoms with Crippen molar-refractivity contribution in [2.75, 3.05) is 5.32 Å². The molecule has 1 N–H and O–H groups in total. The first-order valence-electron chi connectivity index (χ1n) is 7.79. The zero-order valence-corrected chi connectivity index (χ0v) is 15.5. The normalized spacial score (nSPS) is 12.1. The highest BCUT2D eigenvalue weighted by Crippen LogP contribution is 2.35. The Morgan fingerprint density at radius 3 is 2.03 bits per heavy atom. The largest absolute Gasteiger partial charge is 0.416 e. The molecule has 0 spiro atoms. The molecule has 0 bridgehead atoms. The number of nitrogens with one attached hydrogen (secondary N) is 1. The van der Waals surface area contributed by atoms with E-state index in [2.05, 4.69) is 15.3 Å². The molecule has 0 aliphatic heterocycles. The second kappa shape index (κ2) is 7.72. The standard InChI is InChI=1S/C18H9Cl2F6N3/c19-12-7-11(18(24,25)26)4-5-13(12)27-15-8-14(20)28-16(29-15)9-2-1-3-10(6-9)17(21,22)23/h1-8H,(H,27,28,29). The van der Waals surface area contributed by atoms with Gasteiger partial charge in [0.2, 0.25) is 0 Å². The lowest BCUT2D eigenvalue weighted by atomic mass is 10.1. The number of anilines is 2. The highest BCUT2D eigenvalue weighted by atomic mass is 35.5. The molecule has 3 rings (SSSR count). The van der Waals surface area contributed by atoms with Gasteiger partial charge >= 0.3 is 12.4 Å². The summed E-state index contributed by atoms with van der Waals surface area (Å²) in [5.74, 6) is -0.0618. The maximum atomic E-state index is 12.9. The molecule has 152 valence electrons. The Labute approximate surface area is 170 Å². The quantitative estimate of drug-likeness (QED) is 0.337. The van der Waals surface area contributed by atoms with Gasteiger partial charge in [-0.1, -0.05) is 35.3 Å². The summed E-state index contributed by atoms with van der Waals surface area (Å²) in [5, 5.41) is 2.38. The summed E-state index contributed by atoms with van der Waals surface area (Å²) in [6.45, 7) is 0. The maximum absolute atomic E-state index is 12.9. The number of benzene rings is 2. The lowest BCUT2D eigenvalue weighted by Crippen LogP contribution is -2.06. The minimum Gasteiger partial charge on any atom is -0.339 e. The van der Waals surface area contributed by atoms with Crippen LogP contribution in [0.25, 0.3) is 11.4 Å². The van der Waals surface area contributed by atoms with Gasteiger partial charge in [-0.25, -0.2) is 9.97 Å². The van der Waals surface area contributed by atoms with Gasteiger partial charge in [0.25, 0.3) is 0 Å². The van der Waals surface area contributed by atoms with E-state index in [4.69, 9.17) is 23.2 Å². The first-order valence-corrected chi connectivity index (χ1v) is 8.55. The Hall–Kier alpha value is -2.52. The molecule has 0 atom stereocenters. The smallest absolute Gasteiger partial charge is 0.339 e. The predicted molar refractivity (Wildman–Crippen MR) is 97.2 cm³/mol. The van der Waals surface area contributed by atoms with E-state index in [-0.39, 0.29) is 33.1 Å². The van der Waals surface area contributed by atoms with Crippen LogP contribution in [0.2, 0.25) is 10.2 Å². The molecule has 0 radical (unpaired) electrons. The molecule has 0 saturated carbocycles. The van der Waals surface area contributed by atoms with Crippen molar-refractivity contribution in [1.82, 2.24) is 9.97 Å². The topological polar surface area (TPSA) is 37.8 Å².